The SMILES string of the molecule is CC(Cc1c[nH]c2ccccc12)NC(=O)c1nnc(N2CCN(CCF)CC2)s1. The van der Waals surface area contributed by atoms with Crippen LogP contribution in [0.2, 0.25) is 0 Å². The average molecular weight is 417 g/mol. The van der Waals surface area contributed by atoms with E-state index in [2.05, 4.69) is 36.4 Å². The molecule has 1 amide bonds. The van der Waals surface area contributed by atoms with Crippen LogP contribution in [-0.4, -0.2) is 71.4 Å². The lowest BCUT2D eigenvalue weighted by Crippen LogP contribution is -2.47. The standard InChI is InChI=1S/C20H25FN6OS/c1-14(12-15-13-22-17-5-3-2-4-16(15)17)23-18(28)19-24-25-20(29-19)27-10-8-26(7-6-21)9-11-27/h2-5,13-14,22H,6-12H2,1H3,(H,23,28). The van der Waals surface area contributed by atoms with Crippen LogP contribution < -0.4 is 10.2 Å². The number of fused-ring (bicyclic) bond motifs is 1. The minimum atomic E-state index is -0.320. The van der Waals surface area contributed by atoms with Crippen LogP contribution in [-0.2, 0) is 6.42 Å². The Morgan fingerprint density at radius 3 is 2.86 bits per heavy atom. The molecule has 1 atom stereocenters. The Morgan fingerprint density at radius 2 is 2.07 bits per heavy atom. The normalized spacial score (nSPS) is 16.3. The molecule has 0 aliphatic carbocycles. The number of H-pyrrole nitrogens is 1. The molecule has 2 aromatic heterocycles. The highest BCUT2D eigenvalue weighted by molar-refractivity contribution is 7.17. The first kappa shape index (κ1) is 19.8. The number of benzene rings is 1. The average Bonchev–Trinajstić information content (AvgIpc) is 3.37. The zero-order chi connectivity index (χ0) is 20.2. The van der Waals surface area contributed by atoms with Gasteiger partial charge in [-0.1, -0.05) is 29.5 Å². The number of carbonyl (C=O) groups is 1. The minimum absolute atomic E-state index is 0.0294. The van der Waals surface area contributed by atoms with Crippen molar-refractivity contribution in [2.75, 3.05) is 44.3 Å². The summed E-state index contributed by atoms with van der Waals surface area (Å²) in [6.45, 7) is 5.29. The summed E-state index contributed by atoms with van der Waals surface area (Å²) in [5.41, 5.74) is 2.28. The Bertz CT molecular complexity index is 965. The Kier molecular flexibility index (Phi) is 6.05. The molecule has 29 heavy (non-hydrogen) atoms. The van der Waals surface area contributed by atoms with Crippen LogP contribution in [0.5, 0.6) is 0 Å². The topological polar surface area (TPSA) is 77.1 Å². The van der Waals surface area contributed by atoms with E-state index < -0.39 is 0 Å². The first-order valence-electron chi connectivity index (χ1n) is 9.86. The van der Waals surface area contributed by atoms with E-state index in [1.807, 2.05) is 31.3 Å². The van der Waals surface area contributed by atoms with Gasteiger partial charge < -0.3 is 15.2 Å². The summed E-state index contributed by atoms with van der Waals surface area (Å²) >= 11 is 1.31. The van der Waals surface area contributed by atoms with Gasteiger partial charge in [0.25, 0.3) is 5.91 Å². The van der Waals surface area contributed by atoms with Gasteiger partial charge in [0.1, 0.15) is 6.67 Å². The van der Waals surface area contributed by atoms with Crippen LogP contribution in [0.4, 0.5) is 9.52 Å². The van der Waals surface area contributed by atoms with Gasteiger partial charge in [0.05, 0.1) is 0 Å². The second-order valence-corrected chi connectivity index (χ2v) is 8.30. The summed E-state index contributed by atoms with van der Waals surface area (Å²) in [5.74, 6) is -0.197. The Labute approximate surface area is 172 Å². The number of halogens is 1. The Hall–Kier alpha value is -2.52. The molecule has 0 bridgehead atoms. The number of rotatable bonds is 7. The minimum Gasteiger partial charge on any atom is -0.361 e. The van der Waals surface area contributed by atoms with Crippen molar-refractivity contribution in [2.45, 2.75) is 19.4 Å². The number of aromatic amines is 1. The molecule has 2 N–H and O–H groups in total. The van der Waals surface area contributed by atoms with Crippen LogP contribution in [0.1, 0.15) is 22.3 Å². The molecule has 4 rings (SSSR count). The number of amides is 1. The van der Waals surface area contributed by atoms with Gasteiger partial charge in [-0.05, 0) is 25.0 Å². The highest BCUT2D eigenvalue weighted by Crippen LogP contribution is 2.22. The van der Waals surface area contributed by atoms with Crippen molar-refractivity contribution in [1.82, 2.24) is 25.4 Å². The van der Waals surface area contributed by atoms with E-state index in [0.717, 1.165) is 43.2 Å². The van der Waals surface area contributed by atoms with Gasteiger partial charge in [0.2, 0.25) is 10.1 Å². The van der Waals surface area contributed by atoms with E-state index in [-0.39, 0.29) is 18.6 Å². The molecule has 9 heteroatoms. The van der Waals surface area contributed by atoms with Crippen LogP contribution in [0.3, 0.4) is 0 Å². The van der Waals surface area contributed by atoms with Crippen molar-refractivity contribution in [2.24, 2.45) is 0 Å². The van der Waals surface area contributed by atoms with Gasteiger partial charge in [-0.3, -0.25) is 9.69 Å². The molecule has 1 aliphatic rings. The van der Waals surface area contributed by atoms with E-state index >= 15 is 0 Å². The van der Waals surface area contributed by atoms with E-state index in [1.54, 1.807) is 0 Å². The predicted molar refractivity (Wildman–Crippen MR) is 113 cm³/mol. The summed E-state index contributed by atoms with van der Waals surface area (Å²) in [5, 5.41) is 13.6. The molecule has 3 aromatic rings. The summed E-state index contributed by atoms with van der Waals surface area (Å²) in [6.07, 6.45) is 2.73. The molecule has 1 saturated heterocycles. The third-order valence-electron chi connectivity index (χ3n) is 5.23. The molecular weight excluding hydrogens is 391 g/mol. The van der Waals surface area contributed by atoms with Crippen LogP contribution >= 0.6 is 11.3 Å². The Balaban J connectivity index is 1.33. The lowest BCUT2D eigenvalue weighted by Gasteiger charge is -2.33. The summed E-state index contributed by atoms with van der Waals surface area (Å²) in [6, 6.07) is 8.12. The fourth-order valence-corrected chi connectivity index (χ4v) is 4.48. The van der Waals surface area contributed by atoms with Crippen LogP contribution in [0.25, 0.3) is 10.9 Å². The van der Waals surface area contributed by atoms with Gasteiger partial charge >= 0.3 is 0 Å². The molecule has 154 valence electrons. The number of hydrogen-bond acceptors (Lipinski definition) is 6. The molecule has 1 unspecified atom stereocenters. The van der Waals surface area contributed by atoms with Crippen molar-refractivity contribution in [1.29, 1.82) is 0 Å². The zero-order valence-electron chi connectivity index (χ0n) is 16.4. The second kappa shape index (κ2) is 8.87. The monoisotopic (exact) mass is 416 g/mol. The molecule has 0 radical (unpaired) electrons. The van der Waals surface area contributed by atoms with Crippen molar-refractivity contribution in [3.05, 3.63) is 41.0 Å². The maximum absolute atomic E-state index is 12.6. The van der Waals surface area contributed by atoms with Gasteiger partial charge in [-0.25, -0.2) is 4.39 Å². The van der Waals surface area contributed by atoms with E-state index in [9.17, 15) is 9.18 Å². The number of nitrogens with one attached hydrogen (secondary N) is 2. The van der Waals surface area contributed by atoms with Gasteiger partial charge in [0, 0.05) is 55.9 Å². The molecule has 0 spiro atoms. The van der Waals surface area contributed by atoms with E-state index in [4.69, 9.17) is 0 Å². The number of piperazine rings is 1. The predicted octanol–water partition coefficient (Wildman–Crippen LogP) is 2.47. The molecule has 1 aliphatic heterocycles. The molecular formula is C20H25FN6OS. The van der Waals surface area contributed by atoms with Crippen molar-refractivity contribution >= 4 is 33.3 Å². The van der Waals surface area contributed by atoms with Gasteiger partial charge in [-0.2, -0.15) is 0 Å². The summed E-state index contributed by atoms with van der Waals surface area (Å²) in [4.78, 5) is 20.1. The highest BCUT2D eigenvalue weighted by atomic mass is 32.1. The van der Waals surface area contributed by atoms with E-state index in [1.165, 1.54) is 22.3 Å². The summed E-state index contributed by atoms with van der Waals surface area (Å²) < 4.78 is 12.5. The Morgan fingerprint density at radius 1 is 1.28 bits per heavy atom. The number of hydrogen-bond donors (Lipinski definition) is 2. The van der Waals surface area contributed by atoms with Crippen LogP contribution in [0, 0.1) is 0 Å². The lowest BCUT2D eigenvalue weighted by atomic mass is 10.1. The molecule has 3 heterocycles. The molecule has 1 aromatic carbocycles. The largest absolute Gasteiger partial charge is 0.361 e. The number of para-hydroxylation sites is 1. The smallest absolute Gasteiger partial charge is 0.282 e. The molecule has 0 saturated carbocycles. The third kappa shape index (κ3) is 4.56. The number of carbonyl (C=O) groups excluding carboxylic acids is 1. The number of anilines is 1. The fourth-order valence-electron chi connectivity index (χ4n) is 3.68. The molecule has 7 nitrogen and oxygen atoms in total. The lowest BCUT2D eigenvalue weighted by molar-refractivity contribution is 0.0939. The quantitative estimate of drug-likeness (QED) is 0.619. The van der Waals surface area contributed by atoms with Gasteiger partial charge in [-0.15, -0.1) is 10.2 Å². The number of alkyl halides is 1. The number of nitrogens with zero attached hydrogens (tertiary/aromatic N) is 4. The number of aromatic nitrogens is 3. The third-order valence-corrected chi connectivity index (χ3v) is 6.21. The maximum atomic E-state index is 12.6. The second-order valence-electron chi connectivity index (χ2n) is 7.35. The van der Waals surface area contributed by atoms with Crippen LogP contribution in [0.15, 0.2) is 30.5 Å². The first-order chi connectivity index (χ1) is 14.1. The van der Waals surface area contributed by atoms with Crippen molar-refractivity contribution < 1.29 is 9.18 Å². The van der Waals surface area contributed by atoms with Crippen molar-refractivity contribution in [3.8, 4) is 0 Å². The zero-order valence-corrected chi connectivity index (χ0v) is 17.2. The molecule has 1 fully saturated rings. The maximum Gasteiger partial charge on any atom is 0.282 e. The van der Waals surface area contributed by atoms with Gasteiger partial charge in [0.15, 0.2) is 0 Å². The summed E-state index contributed by atoms with van der Waals surface area (Å²) in [7, 11) is 0. The van der Waals surface area contributed by atoms with E-state index in [0.29, 0.717) is 11.6 Å². The fraction of sp³-hybridized carbons (Fsp3) is 0.450. The van der Waals surface area contributed by atoms with Crippen molar-refractivity contribution in [3.63, 3.8) is 0 Å². The first-order valence-corrected chi connectivity index (χ1v) is 10.7. The highest BCUT2D eigenvalue weighted by Gasteiger charge is 2.22.